The Hall–Kier alpha value is -1.98. The van der Waals surface area contributed by atoms with Crippen molar-refractivity contribution in [2.24, 2.45) is 0 Å². The molecule has 0 aliphatic heterocycles. The van der Waals surface area contributed by atoms with Crippen LogP contribution in [0.4, 0.5) is 0 Å². The van der Waals surface area contributed by atoms with E-state index < -0.39 is 17.9 Å². The van der Waals surface area contributed by atoms with Crippen LogP contribution in [0.1, 0.15) is 31.2 Å². The molecule has 0 saturated carbocycles. The van der Waals surface area contributed by atoms with E-state index in [0.717, 1.165) is 5.56 Å². The maximum Gasteiger partial charge on any atom is 0.328 e. The standard InChI is InChI=1S/C12H16N2O4/c1-4-17-11(15)9(12(16)18-5-2)10-13-6-8(3)7-14-10/h6-7,9H,4-5H2,1-3H3. The summed E-state index contributed by atoms with van der Waals surface area (Å²) in [6, 6.07) is 0. The summed E-state index contributed by atoms with van der Waals surface area (Å²) in [6.07, 6.45) is 3.07. The molecule has 0 amide bonds. The van der Waals surface area contributed by atoms with E-state index in [1.54, 1.807) is 13.8 Å². The summed E-state index contributed by atoms with van der Waals surface area (Å²) in [4.78, 5) is 31.4. The fourth-order valence-electron chi connectivity index (χ4n) is 1.31. The van der Waals surface area contributed by atoms with Crippen molar-refractivity contribution in [2.75, 3.05) is 13.2 Å². The monoisotopic (exact) mass is 252 g/mol. The Kier molecular flexibility index (Phi) is 5.23. The lowest BCUT2D eigenvalue weighted by Crippen LogP contribution is -2.27. The molecule has 0 fully saturated rings. The molecule has 6 heteroatoms. The first kappa shape index (κ1) is 14.1. The van der Waals surface area contributed by atoms with Gasteiger partial charge in [-0.3, -0.25) is 9.59 Å². The van der Waals surface area contributed by atoms with Gasteiger partial charge in [0.1, 0.15) is 0 Å². The summed E-state index contributed by atoms with van der Waals surface area (Å²) in [5.74, 6) is -2.51. The van der Waals surface area contributed by atoms with Crippen LogP contribution >= 0.6 is 0 Å². The van der Waals surface area contributed by atoms with Gasteiger partial charge in [-0.05, 0) is 26.3 Å². The Balaban J connectivity index is 2.99. The number of carbonyl (C=O) groups excluding carboxylic acids is 2. The van der Waals surface area contributed by atoms with E-state index in [4.69, 9.17) is 9.47 Å². The highest BCUT2D eigenvalue weighted by atomic mass is 16.6. The number of esters is 2. The Labute approximate surface area is 105 Å². The molecule has 18 heavy (non-hydrogen) atoms. The Morgan fingerprint density at radius 2 is 1.56 bits per heavy atom. The molecule has 0 aromatic carbocycles. The molecule has 0 spiro atoms. The van der Waals surface area contributed by atoms with Crippen LogP contribution in [0.25, 0.3) is 0 Å². The molecular formula is C12H16N2O4. The summed E-state index contributed by atoms with van der Waals surface area (Å²) in [7, 11) is 0. The molecule has 1 heterocycles. The molecule has 1 aromatic heterocycles. The van der Waals surface area contributed by atoms with Gasteiger partial charge in [-0.1, -0.05) is 0 Å². The largest absolute Gasteiger partial charge is 0.465 e. The zero-order valence-electron chi connectivity index (χ0n) is 10.7. The van der Waals surface area contributed by atoms with Gasteiger partial charge in [0.05, 0.1) is 13.2 Å². The molecular weight excluding hydrogens is 236 g/mol. The van der Waals surface area contributed by atoms with E-state index in [-0.39, 0.29) is 19.0 Å². The number of nitrogens with zero attached hydrogens (tertiary/aromatic N) is 2. The number of hydrogen-bond acceptors (Lipinski definition) is 6. The maximum atomic E-state index is 11.7. The van der Waals surface area contributed by atoms with Crippen molar-refractivity contribution in [1.82, 2.24) is 9.97 Å². The predicted octanol–water partition coefficient (Wildman–Crippen LogP) is 0.995. The van der Waals surface area contributed by atoms with E-state index in [1.165, 1.54) is 12.4 Å². The number of ether oxygens (including phenoxy) is 2. The molecule has 0 N–H and O–H groups in total. The first-order valence-electron chi connectivity index (χ1n) is 5.72. The number of aryl methyl sites for hydroxylation is 1. The predicted molar refractivity (Wildman–Crippen MR) is 62.8 cm³/mol. The fraction of sp³-hybridized carbons (Fsp3) is 0.500. The van der Waals surface area contributed by atoms with Crippen molar-refractivity contribution < 1.29 is 19.1 Å². The lowest BCUT2D eigenvalue weighted by Gasteiger charge is -2.12. The molecule has 1 rings (SSSR count). The van der Waals surface area contributed by atoms with Gasteiger partial charge in [-0.25, -0.2) is 9.97 Å². The number of aromatic nitrogens is 2. The second-order valence-electron chi connectivity index (χ2n) is 3.56. The SMILES string of the molecule is CCOC(=O)C(C(=O)OCC)c1ncc(C)cn1. The van der Waals surface area contributed by atoms with Crippen LogP contribution in [0.3, 0.4) is 0 Å². The van der Waals surface area contributed by atoms with Crippen molar-refractivity contribution in [2.45, 2.75) is 26.7 Å². The van der Waals surface area contributed by atoms with Crippen LogP contribution in [0.15, 0.2) is 12.4 Å². The third kappa shape index (κ3) is 3.51. The van der Waals surface area contributed by atoms with E-state index in [2.05, 4.69) is 9.97 Å². The van der Waals surface area contributed by atoms with Crippen molar-refractivity contribution in [1.29, 1.82) is 0 Å². The van der Waals surface area contributed by atoms with Gasteiger partial charge in [-0.15, -0.1) is 0 Å². The number of hydrogen-bond donors (Lipinski definition) is 0. The molecule has 0 aliphatic carbocycles. The van der Waals surface area contributed by atoms with Gasteiger partial charge in [0, 0.05) is 12.4 Å². The van der Waals surface area contributed by atoms with E-state index in [1.807, 2.05) is 6.92 Å². The van der Waals surface area contributed by atoms with Gasteiger partial charge in [0.2, 0.25) is 5.92 Å². The van der Waals surface area contributed by atoms with Gasteiger partial charge < -0.3 is 9.47 Å². The molecule has 0 bridgehead atoms. The molecule has 98 valence electrons. The van der Waals surface area contributed by atoms with Crippen LogP contribution in [0, 0.1) is 6.92 Å². The summed E-state index contributed by atoms with van der Waals surface area (Å²) in [5, 5.41) is 0. The van der Waals surface area contributed by atoms with Crippen LogP contribution in [-0.4, -0.2) is 35.1 Å². The smallest absolute Gasteiger partial charge is 0.328 e. The summed E-state index contributed by atoms with van der Waals surface area (Å²) < 4.78 is 9.67. The average molecular weight is 252 g/mol. The minimum atomic E-state index is -1.22. The quantitative estimate of drug-likeness (QED) is 0.574. The van der Waals surface area contributed by atoms with Crippen LogP contribution in [-0.2, 0) is 19.1 Å². The Morgan fingerprint density at radius 1 is 1.11 bits per heavy atom. The zero-order chi connectivity index (χ0) is 13.5. The Bertz CT molecular complexity index is 399. The topological polar surface area (TPSA) is 78.4 Å². The van der Waals surface area contributed by atoms with Crippen molar-refractivity contribution in [3.63, 3.8) is 0 Å². The van der Waals surface area contributed by atoms with E-state index in [9.17, 15) is 9.59 Å². The molecule has 0 unspecified atom stereocenters. The summed E-state index contributed by atoms with van der Waals surface area (Å²) >= 11 is 0. The lowest BCUT2D eigenvalue weighted by molar-refractivity contribution is -0.157. The average Bonchev–Trinajstić information content (AvgIpc) is 2.33. The fourth-order valence-corrected chi connectivity index (χ4v) is 1.31. The van der Waals surface area contributed by atoms with Gasteiger partial charge >= 0.3 is 11.9 Å². The van der Waals surface area contributed by atoms with Crippen LogP contribution in [0.2, 0.25) is 0 Å². The van der Waals surface area contributed by atoms with Crippen molar-refractivity contribution in [3.05, 3.63) is 23.8 Å². The van der Waals surface area contributed by atoms with Gasteiger partial charge in [0.15, 0.2) is 5.82 Å². The molecule has 1 aromatic rings. The molecule has 6 nitrogen and oxygen atoms in total. The molecule has 0 radical (unpaired) electrons. The second kappa shape index (κ2) is 6.68. The van der Waals surface area contributed by atoms with Crippen molar-refractivity contribution >= 4 is 11.9 Å². The summed E-state index contributed by atoms with van der Waals surface area (Å²) in [5.41, 5.74) is 0.838. The third-order valence-electron chi connectivity index (χ3n) is 2.10. The summed E-state index contributed by atoms with van der Waals surface area (Å²) in [6.45, 7) is 5.50. The minimum absolute atomic E-state index is 0.0949. The normalized spacial score (nSPS) is 10.2. The molecule has 0 saturated heterocycles. The minimum Gasteiger partial charge on any atom is -0.465 e. The van der Waals surface area contributed by atoms with Crippen LogP contribution in [0.5, 0.6) is 0 Å². The van der Waals surface area contributed by atoms with Crippen molar-refractivity contribution in [3.8, 4) is 0 Å². The van der Waals surface area contributed by atoms with E-state index >= 15 is 0 Å². The maximum absolute atomic E-state index is 11.7. The highest BCUT2D eigenvalue weighted by molar-refractivity contribution is 5.99. The Morgan fingerprint density at radius 3 is 1.94 bits per heavy atom. The lowest BCUT2D eigenvalue weighted by atomic mass is 10.1. The number of carbonyl (C=O) groups is 2. The first-order valence-corrected chi connectivity index (χ1v) is 5.72. The first-order chi connectivity index (χ1) is 8.60. The van der Waals surface area contributed by atoms with Crippen LogP contribution < -0.4 is 0 Å². The number of rotatable bonds is 5. The highest BCUT2D eigenvalue weighted by Gasteiger charge is 2.33. The van der Waals surface area contributed by atoms with E-state index in [0.29, 0.717) is 0 Å². The van der Waals surface area contributed by atoms with Gasteiger partial charge in [-0.2, -0.15) is 0 Å². The third-order valence-corrected chi connectivity index (χ3v) is 2.10. The second-order valence-corrected chi connectivity index (χ2v) is 3.56. The van der Waals surface area contributed by atoms with Gasteiger partial charge in [0.25, 0.3) is 0 Å². The molecule has 0 aliphatic rings. The highest BCUT2D eigenvalue weighted by Crippen LogP contribution is 2.15. The zero-order valence-corrected chi connectivity index (χ0v) is 10.7. The molecule has 0 atom stereocenters.